The summed E-state index contributed by atoms with van der Waals surface area (Å²) in [5, 5.41) is 10.8. The first-order chi connectivity index (χ1) is 12.7. The van der Waals surface area contributed by atoms with E-state index in [-0.39, 0.29) is 17.2 Å². The van der Waals surface area contributed by atoms with Gasteiger partial charge in [-0.3, -0.25) is 9.69 Å². The van der Waals surface area contributed by atoms with Gasteiger partial charge in [0.05, 0.1) is 5.69 Å². The van der Waals surface area contributed by atoms with Gasteiger partial charge in [-0.25, -0.2) is 0 Å². The maximum absolute atomic E-state index is 12.5. The first-order valence-corrected chi connectivity index (χ1v) is 10.8. The number of halogens is 1. The van der Waals surface area contributed by atoms with Crippen LogP contribution in [-0.2, 0) is 10.2 Å². The van der Waals surface area contributed by atoms with Crippen molar-refractivity contribution in [1.29, 1.82) is 0 Å². The number of nitrogens with zero attached hydrogens (tertiary/aromatic N) is 3. The maximum Gasteiger partial charge on any atom is 0.248 e. The summed E-state index contributed by atoms with van der Waals surface area (Å²) in [7, 11) is 0. The van der Waals surface area contributed by atoms with Crippen molar-refractivity contribution in [3.63, 3.8) is 0 Å². The van der Waals surface area contributed by atoms with Crippen molar-refractivity contribution in [2.75, 3.05) is 10.8 Å². The average molecular weight is 388 g/mol. The van der Waals surface area contributed by atoms with E-state index in [1.165, 1.54) is 38.5 Å². The van der Waals surface area contributed by atoms with E-state index in [9.17, 15) is 4.79 Å². The number of para-hydroxylation sites is 1. The molecule has 2 aromatic rings. The average Bonchev–Trinajstić information content (AvgIpc) is 3.12. The number of anilines is 2. The number of benzene rings is 1. The Morgan fingerprint density at radius 3 is 2.27 bits per heavy atom. The summed E-state index contributed by atoms with van der Waals surface area (Å²) in [6, 6.07) is 9.61. The number of hydrogen-bond acceptors (Lipinski definition) is 4. The van der Waals surface area contributed by atoms with Crippen molar-refractivity contribution < 1.29 is 4.79 Å². The molecule has 1 amide bonds. The summed E-state index contributed by atoms with van der Waals surface area (Å²) in [6.45, 7) is 0. The van der Waals surface area contributed by atoms with E-state index < -0.39 is 0 Å². The lowest BCUT2D eigenvalue weighted by atomic mass is 9.50. The standard InChI is InChI=1S/C20H22ClN3OS/c21-12-17(25)24(16-4-2-1-3-5-16)19-23-22-18(26-19)20-9-13-6-14(10-20)8-15(7-13)11-20/h1-5,13-15H,6-12H2. The lowest BCUT2D eigenvalue weighted by molar-refractivity contribution is -0.115. The zero-order valence-corrected chi connectivity index (χ0v) is 16.2. The van der Waals surface area contributed by atoms with Gasteiger partial charge in [-0.15, -0.1) is 21.8 Å². The number of carbonyl (C=O) groups is 1. The SMILES string of the molecule is O=C(CCl)N(c1ccccc1)c1nnc(C23CC4CC(CC(C4)C2)C3)s1. The van der Waals surface area contributed by atoms with Crippen LogP contribution in [-0.4, -0.2) is 22.0 Å². The molecule has 0 aliphatic heterocycles. The summed E-state index contributed by atoms with van der Waals surface area (Å²) in [5.41, 5.74) is 1.00. The van der Waals surface area contributed by atoms with Crippen molar-refractivity contribution >= 4 is 39.7 Å². The highest BCUT2D eigenvalue weighted by Crippen LogP contribution is 2.61. The van der Waals surface area contributed by atoms with Gasteiger partial charge in [-0.1, -0.05) is 29.5 Å². The molecular weight excluding hydrogens is 366 g/mol. The fourth-order valence-corrected chi connectivity index (χ4v) is 7.11. The van der Waals surface area contributed by atoms with Crippen LogP contribution in [0.1, 0.15) is 43.5 Å². The molecule has 0 atom stereocenters. The second-order valence-corrected chi connectivity index (χ2v) is 9.51. The molecule has 26 heavy (non-hydrogen) atoms. The Hall–Kier alpha value is -1.46. The van der Waals surface area contributed by atoms with E-state index in [1.807, 2.05) is 30.3 Å². The molecule has 1 heterocycles. The zero-order valence-electron chi connectivity index (χ0n) is 14.6. The van der Waals surface area contributed by atoms with Crippen LogP contribution in [0.2, 0.25) is 0 Å². The molecule has 0 spiro atoms. The minimum absolute atomic E-state index is 0.0683. The van der Waals surface area contributed by atoms with E-state index >= 15 is 0 Å². The van der Waals surface area contributed by atoms with E-state index in [2.05, 4.69) is 10.2 Å². The summed E-state index contributed by atoms with van der Waals surface area (Å²) < 4.78 is 0. The Kier molecular flexibility index (Phi) is 4.05. The predicted molar refractivity (Wildman–Crippen MR) is 104 cm³/mol. The molecular formula is C20H22ClN3OS. The smallest absolute Gasteiger partial charge is 0.248 e. The van der Waals surface area contributed by atoms with Crippen molar-refractivity contribution in [2.24, 2.45) is 17.8 Å². The molecule has 0 radical (unpaired) electrons. The zero-order chi connectivity index (χ0) is 17.7. The fraction of sp³-hybridized carbons (Fsp3) is 0.550. The molecule has 4 bridgehead atoms. The number of aromatic nitrogens is 2. The van der Waals surface area contributed by atoms with Gasteiger partial charge in [0.25, 0.3) is 0 Å². The predicted octanol–water partition coefficient (Wildman–Crippen LogP) is 4.91. The second-order valence-electron chi connectivity index (χ2n) is 8.29. The lowest BCUT2D eigenvalue weighted by Gasteiger charge is -2.55. The molecule has 0 unspecified atom stereocenters. The third-order valence-electron chi connectivity index (χ3n) is 6.48. The summed E-state index contributed by atoms with van der Waals surface area (Å²) in [4.78, 5) is 14.1. The van der Waals surface area contributed by atoms with Crippen LogP contribution >= 0.6 is 22.9 Å². The molecule has 4 saturated carbocycles. The minimum Gasteiger partial charge on any atom is -0.273 e. The first kappa shape index (κ1) is 16.7. The highest BCUT2D eigenvalue weighted by molar-refractivity contribution is 7.15. The van der Waals surface area contributed by atoms with Crippen LogP contribution < -0.4 is 4.90 Å². The van der Waals surface area contributed by atoms with Crippen LogP contribution in [0.3, 0.4) is 0 Å². The van der Waals surface area contributed by atoms with Gasteiger partial charge in [0.1, 0.15) is 10.9 Å². The second kappa shape index (κ2) is 6.31. The maximum atomic E-state index is 12.5. The van der Waals surface area contributed by atoms with E-state index in [4.69, 9.17) is 11.6 Å². The van der Waals surface area contributed by atoms with Crippen LogP contribution in [0.5, 0.6) is 0 Å². The van der Waals surface area contributed by atoms with E-state index in [0.29, 0.717) is 5.13 Å². The van der Waals surface area contributed by atoms with Gasteiger partial charge in [0.2, 0.25) is 11.0 Å². The van der Waals surface area contributed by atoms with Gasteiger partial charge in [0, 0.05) is 5.41 Å². The molecule has 6 rings (SSSR count). The fourth-order valence-electron chi connectivity index (χ4n) is 5.89. The van der Waals surface area contributed by atoms with Crippen LogP contribution in [0, 0.1) is 17.8 Å². The Morgan fingerprint density at radius 2 is 1.69 bits per heavy atom. The summed E-state index contributed by atoms with van der Waals surface area (Å²) >= 11 is 7.47. The Labute approximate surface area is 162 Å². The number of rotatable bonds is 4. The number of hydrogen-bond donors (Lipinski definition) is 0. The largest absolute Gasteiger partial charge is 0.273 e. The summed E-state index contributed by atoms with van der Waals surface area (Å²) in [6.07, 6.45) is 7.98. The molecule has 4 aliphatic rings. The Balaban J connectivity index is 1.50. The molecule has 4 nitrogen and oxygen atoms in total. The molecule has 4 aliphatic carbocycles. The molecule has 0 saturated heterocycles. The van der Waals surface area contributed by atoms with Crippen molar-refractivity contribution in [3.8, 4) is 0 Å². The monoisotopic (exact) mass is 387 g/mol. The van der Waals surface area contributed by atoms with Crippen molar-refractivity contribution in [2.45, 2.75) is 43.9 Å². The van der Waals surface area contributed by atoms with Crippen LogP contribution in [0.4, 0.5) is 10.8 Å². The lowest BCUT2D eigenvalue weighted by Crippen LogP contribution is -2.48. The topological polar surface area (TPSA) is 46.1 Å². The number of carbonyl (C=O) groups excluding carboxylic acids is 1. The summed E-state index contributed by atoms with van der Waals surface area (Å²) in [5.74, 6) is 2.36. The molecule has 0 N–H and O–H groups in total. The molecule has 1 aromatic heterocycles. The minimum atomic E-state index is -0.161. The van der Waals surface area contributed by atoms with Crippen molar-refractivity contribution in [1.82, 2.24) is 10.2 Å². The third-order valence-corrected chi connectivity index (χ3v) is 7.86. The molecule has 136 valence electrons. The molecule has 4 fully saturated rings. The van der Waals surface area contributed by atoms with E-state index in [0.717, 1.165) is 28.4 Å². The van der Waals surface area contributed by atoms with Crippen LogP contribution in [0.15, 0.2) is 30.3 Å². The van der Waals surface area contributed by atoms with Gasteiger partial charge in [-0.2, -0.15) is 0 Å². The number of amides is 1. The van der Waals surface area contributed by atoms with Gasteiger partial charge >= 0.3 is 0 Å². The molecule has 6 heteroatoms. The highest BCUT2D eigenvalue weighted by atomic mass is 35.5. The number of alkyl halides is 1. The Bertz CT molecular complexity index is 786. The third kappa shape index (κ3) is 2.67. The molecule has 1 aromatic carbocycles. The van der Waals surface area contributed by atoms with Gasteiger partial charge in [0.15, 0.2) is 0 Å². The van der Waals surface area contributed by atoms with Gasteiger partial charge < -0.3 is 0 Å². The quantitative estimate of drug-likeness (QED) is 0.700. The Morgan fingerprint density at radius 1 is 1.08 bits per heavy atom. The van der Waals surface area contributed by atoms with Crippen LogP contribution in [0.25, 0.3) is 0 Å². The highest BCUT2D eigenvalue weighted by Gasteiger charge is 2.53. The van der Waals surface area contributed by atoms with E-state index in [1.54, 1.807) is 16.2 Å². The van der Waals surface area contributed by atoms with Gasteiger partial charge in [-0.05, 0) is 68.4 Å². The normalized spacial score (nSPS) is 32.0. The van der Waals surface area contributed by atoms with Crippen molar-refractivity contribution in [3.05, 3.63) is 35.3 Å². The first-order valence-electron chi connectivity index (χ1n) is 9.45.